The number of nitro benzene ring substituents is 1. The summed E-state index contributed by atoms with van der Waals surface area (Å²) in [6.07, 6.45) is 3.44. The van der Waals surface area contributed by atoms with Crippen molar-refractivity contribution in [1.82, 2.24) is 4.98 Å². The highest BCUT2D eigenvalue weighted by Gasteiger charge is 2.24. The van der Waals surface area contributed by atoms with Gasteiger partial charge < -0.3 is 4.90 Å². The lowest BCUT2D eigenvalue weighted by molar-refractivity contribution is -0.384. The average Bonchev–Trinajstić information content (AvgIpc) is 2.56. The summed E-state index contributed by atoms with van der Waals surface area (Å²) in [7, 11) is 0. The number of carbonyl (C=O) groups is 1. The predicted octanol–water partition coefficient (Wildman–Crippen LogP) is 3.78. The minimum absolute atomic E-state index is 0.0599. The molecule has 120 valence electrons. The highest BCUT2D eigenvalue weighted by Crippen LogP contribution is 2.34. The molecule has 1 heterocycles. The Bertz CT molecular complexity index is 716. The van der Waals surface area contributed by atoms with Crippen molar-refractivity contribution in [1.29, 1.82) is 0 Å². The van der Waals surface area contributed by atoms with Gasteiger partial charge in [-0.1, -0.05) is 6.07 Å². The van der Waals surface area contributed by atoms with Crippen molar-refractivity contribution in [2.45, 2.75) is 26.8 Å². The maximum atomic E-state index is 11.5. The Morgan fingerprint density at radius 2 is 2.13 bits per heavy atom. The van der Waals surface area contributed by atoms with E-state index < -0.39 is 4.92 Å². The molecule has 6 nitrogen and oxygen atoms in total. The van der Waals surface area contributed by atoms with Crippen molar-refractivity contribution < 1.29 is 9.72 Å². The standard InChI is InChI=1S/C17H19N3O3/c1-4-19(12(2)15-6-5-9-18-11-15)16-8-7-14(13(3)21)10-17(16)20(22)23/h5-12H,4H2,1-3H3. The second kappa shape index (κ2) is 7.00. The molecule has 0 saturated carbocycles. The molecule has 0 amide bonds. The normalized spacial score (nSPS) is 11.8. The van der Waals surface area contributed by atoms with Crippen LogP contribution in [-0.4, -0.2) is 22.2 Å². The smallest absolute Gasteiger partial charge is 0.293 e. The minimum atomic E-state index is -0.444. The number of aromatic nitrogens is 1. The van der Waals surface area contributed by atoms with Gasteiger partial charge in [-0.2, -0.15) is 0 Å². The third-order valence-electron chi connectivity index (χ3n) is 3.86. The Labute approximate surface area is 134 Å². The molecule has 0 aliphatic heterocycles. The Hall–Kier alpha value is -2.76. The Balaban J connectivity index is 2.49. The number of nitrogens with zero attached hydrogens (tertiary/aromatic N) is 3. The van der Waals surface area contributed by atoms with Crippen LogP contribution >= 0.6 is 0 Å². The van der Waals surface area contributed by atoms with Gasteiger partial charge in [0, 0.05) is 30.6 Å². The molecule has 0 aliphatic rings. The summed E-state index contributed by atoms with van der Waals surface area (Å²) < 4.78 is 0. The van der Waals surface area contributed by atoms with Crippen LogP contribution in [0.5, 0.6) is 0 Å². The number of hydrogen-bond acceptors (Lipinski definition) is 5. The lowest BCUT2D eigenvalue weighted by atomic mass is 10.1. The monoisotopic (exact) mass is 313 g/mol. The highest BCUT2D eigenvalue weighted by atomic mass is 16.6. The maximum absolute atomic E-state index is 11.5. The summed E-state index contributed by atoms with van der Waals surface area (Å²) in [6.45, 7) is 5.91. The van der Waals surface area contributed by atoms with Crippen molar-refractivity contribution in [3.05, 3.63) is 64.0 Å². The van der Waals surface area contributed by atoms with E-state index in [-0.39, 0.29) is 17.5 Å². The fourth-order valence-electron chi connectivity index (χ4n) is 2.59. The fraction of sp³-hybridized carbons (Fsp3) is 0.294. The third-order valence-corrected chi connectivity index (χ3v) is 3.86. The average molecular weight is 313 g/mol. The first kappa shape index (κ1) is 16.6. The number of rotatable bonds is 6. The van der Waals surface area contributed by atoms with Crippen molar-refractivity contribution in [3.8, 4) is 0 Å². The first-order valence-corrected chi connectivity index (χ1v) is 7.41. The first-order chi connectivity index (χ1) is 11.0. The topological polar surface area (TPSA) is 76.3 Å². The van der Waals surface area contributed by atoms with Gasteiger partial charge in [0.05, 0.1) is 11.0 Å². The van der Waals surface area contributed by atoms with Crippen LogP contribution in [0.15, 0.2) is 42.7 Å². The van der Waals surface area contributed by atoms with E-state index >= 15 is 0 Å². The van der Waals surface area contributed by atoms with E-state index in [0.29, 0.717) is 17.8 Å². The quantitative estimate of drug-likeness (QED) is 0.461. The molecule has 1 aromatic heterocycles. The zero-order valence-corrected chi connectivity index (χ0v) is 13.4. The molecule has 6 heteroatoms. The zero-order chi connectivity index (χ0) is 17.0. The van der Waals surface area contributed by atoms with Crippen LogP contribution in [0.4, 0.5) is 11.4 Å². The number of ketones is 1. The lowest BCUT2D eigenvalue weighted by Crippen LogP contribution is -2.27. The molecule has 0 bridgehead atoms. The maximum Gasteiger partial charge on any atom is 0.293 e. The van der Waals surface area contributed by atoms with Gasteiger partial charge in [-0.25, -0.2) is 0 Å². The SMILES string of the molecule is CCN(c1ccc(C(C)=O)cc1[N+](=O)[O-])C(C)c1cccnc1. The highest BCUT2D eigenvalue weighted by molar-refractivity contribution is 5.95. The molecule has 0 saturated heterocycles. The molecular weight excluding hydrogens is 294 g/mol. The number of anilines is 1. The van der Waals surface area contributed by atoms with Crippen LogP contribution in [0.3, 0.4) is 0 Å². The van der Waals surface area contributed by atoms with Crippen molar-refractivity contribution in [2.75, 3.05) is 11.4 Å². The molecular formula is C17H19N3O3. The van der Waals surface area contributed by atoms with E-state index in [9.17, 15) is 14.9 Å². The summed E-state index contributed by atoms with van der Waals surface area (Å²) >= 11 is 0. The number of hydrogen-bond donors (Lipinski definition) is 0. The zero-order valence-electron chi connectivity index (χ0n) is 13.4. The Morgan fingerprint density at radius 1 is 1.39 bits per heavy atom. The number of nitro groups is 1. The molecule has 1 aromatic carbocycles. The summed E-state index contributed by atoms with van der Waals surface area (Å²) in [5, 5.41) is 11.4. The van der Waals surface area contributed by atoms with E-state index in [1.165, 1.54) is 13.0 Å². The van der Waals surface area contributed by atoms with Gasteiger partial charge in [-0.15, -0.1) is 0 Å². The second-order valence-electron chi connectivity index (χ2n) is 5.27. The van der Waals surface area contributed by atoms with Crippen LogP contribution in [0.25, 0.3) is 0 Å². The molecule has 0 radical (unpaired) electrons. The van der Waals surface area contributed by atoms with Gasteiger partial charge in [0.25, 0.3) is 5.69 Å². The van der Waals surface area contributed by atoms with Crippen molar-refractivity contribution in [2.24, 2.45) is 0 Å². The first-order valence-electron chi connectivity index (χ1n) is 7.41. The van der Waals surface area contributed by atoms with Crippen LogP contribution in [0.1, 0.15) is 42.7 Å². The molecule has 0 spiro atoms. The van der Waals surface area contributed by atoms with Crippen LogP contribution in [0.2, 0.25) is 0 Å². The van der Waals surface area contributed by atoms with E-state index in [1.54, 1.807) is 24.5 Å². The number of Topliss-reactive ketones (excluding diaryl/α,β-unsaturated/α-hetero) is 1. The predicted molar refractivity (Wildman–Crippen MR) is 88.8 cm³/mol. The summed E-state index contributed by atoms with van der Waals surface area (Å²) in [6, 6.07) is 8.32. The van der Waals surface area contributed by atoms with Gasteiger partial charge in [0.2, 0.25) is 0 Å². The number of benzene rings is 1. The van der Waals surface area contributed by atoms with E-state index in [0.717, 1.165) is 5.56 Å². The van der Waals surface area contributed by atoms with Gasteiger partial charge in [0.1, 0.15) is 5.69 Å². The number of pyridine rings is 1. The Kier molecular flexibility index (Phi) is 5.05. The largest absolute Gasteiger partial charge is 0.359 e. The summed E-state index contributed by atoms with van der Waals surface area (Å²) in [5.74, 6) is -0.192. The molecule has 0 fully saturated rings. The van der Waals surface area contributed by atoms with Crippen LogP contribution in [0, 0.1) is 10.1 Å². The van der Waals surface area contributed by atoms with Gasteiger partial charge in [-0.05, 0) is 44.5 Å². The second-order valence-corrected chi connectivity index (χ2v) is 5.27. The van der Waals surface area contributed by atoms with Gasteiger partial charge >= 0.3 is 0 Å². The molecule has 2 aromatic rings. The Morgan fingerprint density at radius 3 is 2.65 bits per heavy atom. The van der Waals surface area contributed by atoms with Crippen molar-refractivity contribution >= 4 is 17.2 Å². The van der Waals surface area contributed by atoms with E-state index in [2.05, 4.69) is 4.98 Å². The summed E-state index contributed by atoms with van der Waals surface area (Å²) in [4.78, 5) is 28.5. The fourth-order valence-corrected chi connectivity index (χ4v) is 2.59. The lowest BCUT2D eigenvalue weighted by Gasteiger charge is -2.30. The van der Waals surface area contributed by atoms with Crippen LogP contribution < -0.4 is 4.90 Å². The summed E-state index contributed by atoms with van der Waals surface area (Å²) in [5.41, 5.74) is 1.75. The molecule has 1 unspecified atom stereocenters. The molecule has 2 rings (SSSR count). The molecule has 0 N–H and O–H groups in total. The third kappa shape index (κ3) is 3.53. The molecule has 1 atom stereocenters. The van der Waals surface area contributed by atoms with Gasteiger partial charge in [-0.3, -0.25) is 19.9 Å². The van der Waals surface area contributed by atoms with Crippen molar-refractivity contribution in [3.63, 3.8) is 0 Å². The van der Waals surface area contributed by atoms with E-state index in [1.807, 2.05) is 30.9 Å². The van der Waals surface area contributed by atoms with E-state index in [4.69, 9.17) is 0 Å². The molecule has 23 heavy (non-hydrogen) atoms. The van der Waals surface area contributed by atoms with Gasteiger partial charge in [0.15, 0.2) is 5.78 Å². The van der Waals surface area contributed by atoms with Crippen LogP contribution in [-0.2, 0) is 0 Å². The minimum Gasteiger partial charge on any atom is -0.359 e. The molecule has 0 aliphatic carbocycles. The number of carbonyl (C=O) groups excluding carboxylic acids is 1.